The lowest BCUT2D eigenvalue weighted by atomic mass is 10.1. The predicted molar refractivity (Wildman–Crippen MR) is 90.5 cm³/mol. The molecular formula is C19H16FNO4. The molecule has 1 fully saturated rings. The number of aryl methyl sites for hydroxylation is 1. The molecular weight excluding hydrogens is 325 g/mol. The highest BCUT2D eigenvalue weighted by molar-refractivity contribution is 6.09. The number of hydrogen-bond acceptors (Lipinski definition) is 3. The zero-order valence-electron chi connectivity index (χ0n) is 13.6. The lowest BCUT2D eigenvalue weighted by molar-refractivity contribution is -0.149. The minimum Gasteiger partial charge on any atom is -0.479 e. The Morgan fingerprint density at radius 1 is 1.20 bits per heavy atom. The monoisotopic (exact) mass is 341 g/mol. The second kappa shape index (κ2) is 5.31. The smallest absolute Gasteiger partial charge is 0.343 e. The summed E-state index contributed by atoms with van der Waals surface area (Å²) >= 11 is 0. The second-order valence-corrected chi connectivity index (χ2v) is 6.47. The number of carbonyl (C=O) groups is 2. The first-order valence-electron chi connectivity index (χ1n) is 8.03. The van der Waals surface area contributed by atoms with Gasteiger partial charge in [-0.1, -0.05) is 36.4 Å². The fourth-order valence-electron chi connectivity index (χ4n) is 3.42. The van der Waals surface area contributed by atoms with Crippen molar-refractivity contribution in [3.63, 3.8) is 0 Å². The van der Waals surface area contributed by atoms with Crippen molar-refractivity contribution in [2.45, 2.75) is 19.0 Å². The van der Waals surface area contributed by atoms with E-state index < -0.39 is 24.1 Å². The number of hydrogen-bond donors (Lipinski definition) is 1. The van der Waals surface area contributed by atoms with Crippen molar-refractivity contribution in [2.24, 2.45) is 0 Å². The first kappa shape index (κ1) is 15.6. The van der Waals surface area contributed by atoms with Crippen LogP contribution >= 0.6 is 0 Å². The average Bonchev–Trinajstić information content (AvgIpc) is 3.17. The zero-order valence-corrected chi connectivity index (χ0v) is 13.6. The van der Waals surface area contributed by atoms with Crippen molar-refractivity contribution in [1.29, 1.82) is 0 Å². The van der Waals surface area contributed by atoms with E-state index in [0.717, 1.165) is 16.2 Å². The first-order valence-corrected chi connectivity index (χ1v) is 8.03. The van der Waals surface area contributed by atoms with E-state index in [1.807, 2.05) is 36.4 Å². The molecule has 0 radical (unpaired) electrons. The number of carboxylic acids is 1. The summed E-state index contributed by atoms with van der Waals surface area (Å²) < 4.78 is 20.1. The lowest BCUT2D eigenvalue weighted by Crippen LogP contribution is -2.38. The minimum atomic E-state index is -2.39. The summed E-state index contributed by atoms with van der Waals surface area (Å²) in [5.41, 5.74) is -1.09. The van der Waals surface area contributed by atoms with Crippen molar-refractivity contribution in [2.75, 3.05) is 13.1 Å². The summed E-state index contributed by atoms with van der Waals surface area (Å²) in [7, 11) is 0. The highest BCUT2D eigenvalue weighted by atomic mass is 19.1. The number of carboxylic acid groups (broad SMARTS) is 1. The molecule has 1 aromatic heterocycles. The summed E-state index contributed by atoms with van der Waals surface area (Å²) in [6, 6.07) is 11.6. The van der Waals surface area contributed by atoms with Gasteiger partial charge in [0.25, 0.3) is 5.91 Å². The number of halogens is 1. The fraction of sp³-hybridized carbons (Fsp3) is 0.263. The van der Waals surface area contributed by atoms with E-state index in [1.165, 1.54) is 4.90 Å². The third-order valence-corrected chi connectivity index (χ3v) is 4.91. The van der Waals surface area contributed by atoms with Crippen molar-refractivity contribution < 1.29 is 23.5 Å². The summed E-state index contributed by atoms with van der Waals surface area (Å²) in [4.78, 5) is 25.0. The number of aliphatic carboxylic acids is 1. The summed E-state index contributed by atoms with van der Waals surface area (Å²) in [5.74, 6) is -1.87. The van der Waals surface area contributed by atoms with Crippen LogP contribution in [-0.2, 0) is 4.79 Å². The van der Waals surface area contributed by atoms with Gasteiger partial charge >= 0.3 is 5.97 Å². The molecule has 1 unspecified atom stereocenters. The third-order valence-electron chi connectivity index (χ3n) is 4.91. The van der Waals surface area contributed by atoms with Gasteiger partial charge < -0.3 is 14.4 Å². The van der Waals surface area contributed by atoms with Gasteiger partial charge in [0.2, 0.25) is 5.67 Å². The highest BCUT2D eigenvalue weighted by Crippen LogP contribution is 2.34. The number of likely N-dealkylation sites (tertiary alicyclic amines) is 1. The molecule has 1 atom stereocenters. The van der Waals surface area contributed by atoms with E-state index in [9.17, 15) is 14.0 Å². The number of amides is 1. The number of carbonyl (C=O) groups excluding carboxylic acids is 1. The molecule has 0 saturated carbocycles. The maximum atomic E-state index is 14.3. The second-order valence-electron chi connectivity index (χ2n) is 6.47. The van der Waals surface area contributed by atoms with Crippen molar-refractivity contribution in [3.8, 4) is 0 Å². The Labute approximate surface area is 142 Å². The molecule has 128 valence electrons. The van der Waals surface area contributed by atoms with E-state index in [-0.39, 0.29) is 18.7 Å². The van der Waals surface area contributed by atoms with Crippen LogP contribution in [0.4, 0.5) is 4.39 Å². The molecule has 0 aliphatic carbocycles. The standard InChI is InChI=1S/C19H16FNO4/c1-11-13-7-6-12-4-2-3-5-14(12)16(13)25-15(11)17(22)21-9-8-19(20,10-21)18(23)24/h2-7H,8-10H2,1H3,(H,23,24). The number of alkyl halides is 1. The van der Waals surface area contributed by atoms with Gasteiger partial charge in [0.15, 0.2) is 5.76 Å². The number of benzene rings is 2. The maximum Gasteiger partial charge on any atom is 0.343 e. The van der Waals surface area contributed by atoms with Gasteiger partial charge in [0.1, 0.15) is 5.58 Å². The van der Waals surface area contributed by atoms with Gasteiger partial charge in [-0.2, -0.15) is 0 Å². The van der Waals surface area contributed by atoms with Crippen molar-refractivity contribution in [3.05, 3.63) is 47.7 Å². The molecule has 3 aromatic rings. The molecule has 2 aromatic carbocycles. The Hall–Kier alpha value is -2.89. The Balaban J connectivity index is 1.77. The Morgan fingerprint density at radius 2 is 1.96 bits per heavy atom. The first-order chi connectivity index (χ1) is 11.9. The molecule has 5 nitrogen and oxygen atoms in total. The number of fused-ring (bicyclic) bond motifs is 3. The Morgan fingerprint density at radius 3 is 2.68 bits per heavy atom. The lowest BCUT2D eigenvalue weighted by Gasteiger charge is -2.16. The third kappa shape index (κ3) is 2.28. The van der Waals surface area contributed by atoms with Crippen LogP contribution in [0.15, 0.2) is 40.8 Å². The van der Waals surface area contributed by atoms with Gasteiger partial charge in [-0.25, -0.2) is 9.18 Å². The van der Waals surface area contributed by atoms with Crippen LogP contribution in [-0.4, -0.2) is 40.6 Å². The number of rotatable bonds is 2. The Kier molecular flexibility index (Phi) is 3.32. The molecule has 1 aliphatic heterocycles. The Bertz CT molecular complexity index is 1020. The largest absolute Gasteiger partial charge is 0.479 e. The predicted octanol–water partition coefficient (Wildman–Crippen LogP) is 3.53. The summed E-state index contributed by atoms with van der Waals surface area (Å²) in [5, 5.41) is 11.7. The minimum absolute atomic E-state index is 0.0544. The van der Waals surface area contributed by atoms with Gasteiger partial charge in [-0.15, -0.1) is 0 Å². The number of nitrogens with zero attached hydrogens (tertiary/aromatic N) is 1. The molecule has 0 spiro atoms. The summed E-state index contributed by atoms with van der Waals surface area (Å²) in [6.07, 6.45) is -0.212. The van der Waals surface area contributed by atoms with Crippen molar-refractivity contribution in [1.82, 2.24) is 4.90 Å². The summed E-state index contributed by atoms with van der Waals surface area (Å²) in [6.45, 7) is 1.38. The van der Waals surface area contributed by atoms with E-state index >= 15 is 0 Å². The van der Waals surface area contributed by atoms with E-state index in [0.29, 0.717) is 11.1 Å². The molecule has 25 heavy (non-hydrogen) atoms. The normalized spacial score (nSPS) is 20.5. The molecule has 1 amide bonds. The molecule has 2 heterocycles. The molecule has 1 aliphatic rings. The topological polar surface area (TPSA) is 70.8 Å². The van der Waals surface area contributed by atoms with Crippen LogP contribution in [0.2, 0.25) is 0 Å². The zero-order chi connectivity index (χ0) is 17.8. The average molecular weight is 341 g/mol. The van der Waals surface area contributed by atoms with Crippen LogP contribution in [0, 0.1) is 6.92 Å². The van der Waals surface area contributed by atoms with Crippen LogP contribution < -0.4 is 0 Å². The van der Waals surface area contributed by atoms with Gasteiger partial charge in [0, 0.05) is 29.3 Å². The number of furan rings is 1. The van der Waals surface area contributed by atoms with E-state index in [4.69, 9.17) is 9.52 Å². The van der Waals surface area contributed by atoms with Gasteiger partial charge in [-0.3, -0.25) is 4.79 Å². The maximum absolute atomic E-state index is 14.3. The van der Waals surface area contributed by atoms with Crippen LogP contribution in [0.25, 0.3) is 21.7 Å². The molecule has 0 bridgehead atoms. The molecule has 1 N–H and O–H groups in total. The fourth-order valence-corrected chi connectivity index (χ4v) is 3.42. The molecule has 4 rings (SSSR count). The molecule has 6 heteroatoms. The SMILES string of the molecule is Cc1c(C(=O)N2CCC(F)(C(=O)O)C2)oc2c1ccc1ccccc12. The van der Waals surface area contributed by atoms with E-state index in [2.05, 4.69) is 0 Å². The van der Waals surface area contributed by atoms with Crippen LogP contribution in [0.5, 0.6) is 0 Å². The highest BCUT2D eigenvalue weighted by Gasteiger charge is 2.47. The van der Waals surface area contributed by atoms with Crippen LogP contribution in [0.1, 0.15) is 22.5 Å². The quantitative estimate of drug-likeness (QED) is 0.774. The van der Waals surface area contributed by atoms with Gasteiger partial charge in [0.05, 0.1) is 6.54 Å². The molecule has 1 saturated heterocycles. The van der Waals surface area contributed by atoms with Crippen LogP contribution in [0.3, 0.4) is 0 Å². The van der Waals surface area contributed by atoms with Gasteiger partial charge in [-0.05, 0) is 12.3 Å². The van der Waals surface area contributed by atoms with E-state index in [1.54, 1.807) is 6.92 Å². The van der Waals surface area contributed by atoms with Crippen molar-refractivity contribution >= 4 is 33.6 Å².